The van der Waals surface area contributed by atoms with Gasteiger partial charge in [-0.25, -0.2) is 0 Å². The van der Waals surface area contributed by atoms with E-state index in [9.17, 15) is 4.79 Å². The van der Waals surface area contributed by atoms with Crippen molar-refractivity contribution in [3.05, 3.63) is 12.2 Å². The lowest BCUT2D eigenvalue weighted by atomic mass is 9.99. The van der Waals surface area contributed by atoms with Crippen LogP contribution in [0.5, 0.6) is 0 Å². The summed E-state index contributed by atoms with van der Waals surface area (Å²) in [6.45, 7) is 1.58. The van der Waals surface area contributed by atoms with Gasteiger partial charge in [-0.3, -0.25) is 4.79 Å². The first kappa shape index (κ1) is 11.2. The first-order valence-corrected chi connectivity index (χ1v) is 5.42. The number of rotatable bonds is 4. The van der Waals surface area contributed by atoms with Crippen LogP contribution < -0.4 is 10.6 Å². The zero-order valence-electron chi connectivity index (χ0n) is 8.88. The van der Waals surface area contributed by atoms with E-state index < -0.39 is 0 Å². The number of carbonyl (C=O) groups is 1. The number of hydrogen-bond donors (Lipinski definition) is 2. The maximum absolute atomic E-state index is 11.7. The maximum atomic E-state index is 11.7. The van der Waals surface area contributed by atoms with Crippen molar-refractivity contribution in [3.63, 3.8) is 0 Å². The minimum Gasteiger partial charge on any atom is -0.355 e. The van der Waals surface area contributed by atoms with Crippen molar-refractivity contribution < 1.29 is 4.79 Å². The fraction of sp³-hybridized carbons (Fsp3) is 0.727. The molecule has 0 aromatic heterocycles. The molecule has 0 unspecified atom stereocenters. The van der Waals surface area contributed by atoms with Crippen molar-refractivity contribution >= 4 is 5.91 Å². The van der Waals surface area contributed by atoms with Crippen molar-refractivity contribution in [1.82, 2.24) is 10.6 Å². The highest BCUT2D eigenvalue weighted by molar-refractivity contribution is 5.78. The van der Waals surface area contributed by atoms with Gasteiger partial charge in [0.2, 0.25) is 5.91 Å². The monoisotopic (exact) mass is 196 g/mol. The van der Waals surface area contributed by atoms with Gasteiger partial charge in [-0.05, 0) is 32.7 Å². The molecule has 80 valence electrons. The Morgan fingerprint density at radius 3 is 2.50 bits per heavy atom. The lowest BCUT2D eigenvalue weighted by molar-refractivity contribution is -0.125. The Balaban J connectivity index is 2.22. The van der Waals surface area contributed by atoms with Crippen LogP contribution in [0.3, 0.4) is 0 Å². The molecule has 0 aromatic carbocycles. The second-order valence-electron chi connectivity index (χ2n) is 3.72. The summed E-state index contributed by atoms with van der Waals surface area (Å²) >= 11 is 0. The maximum Gasteiger partial charge on any atom is 0.223 e. The van der Waals surface area contributed by atoms with Crippen LogP contribution in [0.15, 0.2) is 12.2 Å². The molecule has 1 aliphatic carbocycles. The van der Waals surface area contributed by atoms with Crippen LogP contribution in [-0.2, 0) is 4.79 Å². The summed E-state index contributed by atoms with van der Waals surface area (Å²) in [6, 6.07) is 0. The number of carbonyl (C=O) groups excluding carboxylic acids is 1. The summed E-state index contributed by atoms with van der Waals surface area (Å²) in [6.07, 6.45) is 8.46. The highest BCUT2D eigenvalue weighted by Gasteiger charge is 2.17. The third-order valence-electron chi connectivity index (χ3n) is 2.58. The molecule has 0 heterocycles. The van der Waals surface area contributed by atoms with E-state index in [1.807, 2.05) is 7.05 Å². The Hall–Kier alpha value is -0.830. The van der Waals surface area contributed by atoms with Gasteiger partial charge in [0.05, 0.1) is 0 Å². The topological polar surface area (TPSA) is 41.1 Å². The SMILES string of the molecule is CNCCNC(=O)C1CCC=CCC1. The van der Waals surface area contributed by atoms with Crippen LogP contribution in [0.2, 0.25) is 0 Å². The van der Waals surface area contributed by atoms with E-state index in [1.165, 1.54) is 0 Å². The largest absolute Gasteiger partial charge is 0.355 e. The first-order chi connectivity index (χ1) is 6.84. The van der Waals surface area contributed by atoms with Crippen molar-refractivity contribution in [2.45, 2.75) is 25.7 Å². The lowest BCUT2D eigenvalue weighted by Gasteiger charge is -2.13. The van der Waals surface area contributed by atoms with Crippen LogP contribution >= 0.6 is 0 Å². The third kappa shape index (κ3) is 3.92. The van der Waals surface area contributed by atoms with Crippen LogP contribution in [0, 0.1) is 5.92 Å². The van der Waals surface area contributed by atoms with Crippen molar-refractivity contribution in [1.29, 1.82) is 0 Å². The summed E-state index contributed by atoms with van der Waals surface area (Å²) in [5.41, 5.74) is 0. The molecule has 0 aliphatic heterocycles. The van der Waals surface area contributed by atoms with E-state index in [1.54, 1.807) is 0 Å². The normalized spacial score (nSPS) is 17.8. The molecule has 0 aromatic rings. The van der Waals surface area contributed by atoms with E-state index in [0.29, 0.717) is 0 Å². The number of nitrogens with one attached hydrogen (secondary N) is 2. The summed E-state index contributed by atoms with van der Waals surface area (Å²) in [7, 11) is 1.89. The van der Waals surface area contributed by atoms with Crippen LogP contribution in [-0.4, -0.2) is 26.0 Å². The van der Waals surface area contributed by atoms with Crippen LogP contribution in [0.1, 0.15) is 25.7 Å². The quantitative estimate of drug-likeness (QED) is 0.521. The van der Waals surface area contributed by atoms with E-state index in [2.05, 4.69) is 22.8 Å². The summed E-state index contributed by atoms with van der Waals surface area (Å²) in [5.74, 6) is 0.450. The van der Waals surface area contributed by atoms with E-state index in [-0.39, 0.29) is 11.8 Å². The number of hydrogen-bond acceptors (Lipinski definition) is 2. The minimum absolute atomic E-state index is 0.224. The predicted octanol–water partition coefficient (Wildman–Crippen LogP) is 1.07. The molecule has 0 atom stereocenters. The summed E-state index contributed by atoms with van der Waals surface area (Å²) in [5, 5.41) is 5.96. The molecule has 0 fully saturated rings. The van der Waals surface area contributed by atoms with Crippen LogP contribution in [0.25, 0.3) is 0 Å². The minimum atomic E-state index is 0.224. The predicted molar refractivity (Wildman–Crippen MR) is 58.0 cm³/mol. The van der Waals surface area contributed by atoms with Gasteiger partial charge in [0, 0.05) is 19.0 Å². The molecule has 1 rings (SSSR count). The van der Waals surface area contributed by atoms with Gasteiger partial charge in [-0.15, -0.1) is 0 Å². The smallest absolute Gasteiger partial charge is 0.223 e. The summed E-state index contributed by atoms with van der Waals surface area (Å²) < 4.78 is 0. The Kier molecular flexibility index (Phi) is 5.30. The molecule has 3 heteroatoms. The van der Waals surface area contributed by atoms with Gasteiger partial charge >= 0.3 is 0 Å². The van der Waals surface area contributed by atoms with Gasteiger partial charge < -0.3 is 10.6 Å². The first-order valence-electron chi connectivity index (χ1n) is 5.42. The summed E-state index contributed by atoms with van der Waals surface area (Å²) in [4.78, 5) is 11.7. The molecule has 1 amide bonds. The fourth-order valence-electron chi connectivity index (χ4n) is 1.69. The van der Waals surface area contributed by atoms with Gasteiger partial charge in [-0.2, -0.15) is 0 Å². The molecular weight excluding hydrogens is 176 g/mol. The average Bonchev–Trinajstić information content (AvgIpc) is 2.46. The molecule has 0 radical (unpaired) electrons. The molecule has 2 N–H and O–H groups in total. The zero-order chi connectivity index (χ0) is 10.2. The average molecular weight is 196 g/mol. The molecule has 0 bridgehead atoms. The molecule has 3 nitrogen and oxygen atoms in total. The number of likely N-dealkylation sites (N-methyl/N-ethyl adjacent to an activating group) is 1. The Morgan fingerprint density at radius 1 is 1.29 bits per heavy atom. The molecule has 0 saturated heterocycles. The molecule has 14 heavy (non-hydrogen) atoms. The zero-order valence-corrected chi connectivity index (χ0v) is 8.88. The van der Waals surface area contributed by atoms with E-state index in [4.69, 9.17) is 0 Å². The van der Waals surface area contributed by atoms with Gasteiger partial charge in [0.15, 0.2) is 0 Å². The van der Waals surface area contributed by atoms with E-state index in [0.717, 1.165) is 38.8 Å². The third-order valence-corrected chi connectivity index (χ3v) is 2.58. The molecule has 0 saturated carbocycles. The van der Waals surface area contributed by atoms with Crippen molar-refractivity contribution in [3.8, 4) is 0 Å². The van der Waals surface area contributed by atoms with E-state index >= 15 is 0 Å². The Bertz CT molecular complexity index is 191. The molecular formula is C11H20N2O. The van der Waals surface area contributed by atoms with Gasteiger partial charge in [0.1, 0.15) is 0 Å². The Morgan fingerprint density at radius 2 is 1.93 bits per heavy atom. The Labute approximate surface area is 86.0 Å². The number of amides is 1. The standard InChI is InChI=1S/C11H20N2O/c1-12-8-9-13-11(14)10-6-4-2-3-5-7-10/h2-3,10,12H,4-9H2,1H3,(H,13,14). The molecule has 1 aliphatic rings. The van der Waals surface area contributed by atoms with Gasteiger partial charge in [-0.1, -0.05) is 12.2 Å². The van der Waals surface area contributed by atoms with Crippen LogP contribution in [0.4, 0.5) is 0 Å². The number of allylic oxidation sites excluding steroid dienone is 2. The van der Waals surface area contributed by atoms with Gasteiger partial charge in [0.25, 0.3) is 0 Å². The second kappa shape index (κ2) is 6.60. The van der Waals surface area contributed by atoms with Crippen molar-refractivity contribution in [2.75, 3.05) is 20.1 Å². The highest BCUT2D eigenvalue weighted by Crippen LogP contribution is 2.18. The van der Waals surface area contributed by atoms with Crippen molar-refractivity contribution in [2.24, 2.45) is 5.92 Å². The fourth-order valence-corrected chi connectivity index (χ4v) is 1.69. The highest BCUT2D eigenvalue weighted by atomic mass is 16.1. The molecule has 0 spiro atoms. The second-order valence-corrected chi connectivity index (χ2v) is 3.72. The lowest BCUT2D eigenvalue weighted by Crippen LogP contribution is -2.35.